The highest BCUT2D eigenvalue weighted by Gasteiger charge is 2.19. The van der Waals surface area contributed by atoms with Crippen molar-refractivity contribution < 1.29 is 19.5 Å². The SMILES string of the molecule is CC(NC(=O)C(C)NC(=O)CN)C(=O)O. The summed E-state index contributed by atoms with van der Waals surface area (Å²) in [5, 5.41) is 13.0. The summed E-state index contributed by atoms with van der Waals surface area (Å²) in [6.45, 7) is 2.56. The van der Waals surface area contributed by atoms with Crippen LogP contribution in [0.1, 0.15) is 13.8 Å². The van der Waals surface area contributed by atoms with Gasteiger partial charge in [0, 0.05) is 0 Å². The predicted molar refractivity (Wildman–Crippen MR) is 51.9 cm³/mol. The van der Waals surface area contributed by atoms with E-state index in [1.54, 1.807) is 0 Å². The second kappa shape index (κ2) is 5.97. The van der Waals surface area contributed by atoms with Gasteiger partial charge >= 0.3 is 5.97 Å². The molecular weight excluding hydrogens is 202 g/mol. The van der Waals surface area contributed by atoms with E-state index < -0.39 is 29.9 Å². The molecular formula is C8H15N3O4. The lowest BCUT2D eigenvalue weighted by Crippen LogP contribution is -2.50. The normalized spacial score (nSPS) is 13.8. The molecule has 0 aromatic carbocycles. The van der Waals surface area contributed by atoms with Gasteiger partial charge in [0.2, 0.25) is 11.8 Å². The largest absolute Gasteiger partial charge is 0.480 e. The number of amides is 2. The van der Waals surface area contributed by atoms with Gasteiger partial charge < -0.3 is 21.5 Å². The monoisotopic (exact) mass is 217 g/mol. The first kappa shape index (κ1) is 13.4. The average molecular weight is 217 g/mol. The van der Waals surface area contributed by atoms with Crippen LogP contribution in [0, 0.1) is 0 Å². The summed E-state index contributed by atoms with van der Waals surface area (Å²) in [4.78, 5) is 32.5. The van der Waals surface area contributed by atoms with E-state index in [0.717, 1.165) is 0 Å². The van der Waals surface area contributed by atoms with E-state index in [0.29, 0.717) is 0 Å². The number of carboxylic acids is 1. The summed E-state index contributed by atoms with van der Waals surface area (Å²) in [6, 6.07) is -1.79. The van der Waals surface area contributed by atoms with E-state index in [-0.39, 0.29) is 6.54 Å². The van der Waals surface area contributed by atoms with Gasteiger partial charge in [-0.3, -0.25) is 14.4 Å². The van der Waals surface area contributed by atoms with Crippen LogP contribution in [0.25, 0.3) is 0 Å². The van der Waals surface area contributed by atoms with Gasteiger partial charge in [0.05, 0.1) is 6.54 Å². The minimum atomic E-state index is -1.14. The Labute approximate surface area is 87.0 Å². The molecule has 0 radical (unpaired) electrons. The molecule has 2 atom stereocenters. The van der Waals surface area contributed by atoms with Crippen molar-refractivity contribution in [3.8, 4) is 0 Å². The van der Waals surface area contributed by atoms with Crippen molar-refractivity contribution in [1.29, 1.82) is 0 Å². The summed E-state index contributed by atoms with van der Waals surface area (Å²) in [5.41, 5.74) is 5.03. The molecule has 0 aliphatic carbocycles. The van der Waals surface area contributed by atoms with E-state index >= 15 is 0 Å². The molecule has 0 fully saturated rings. The molecule has 0 saturated heterocycles. The molecule has 2 amide bonds. The Kier molecular flexibility index (Phi) is 5.32. The van der Waals surface area contributed by atoms with Crippen molar-refractivity contribution in [1.82, 2.24) is 10.6 Å². The minimum Gasteiger partial charge on any atom is -0.480 e. The van der Waals surface area contributed by atoms with Crippen LogP contribution in [0.3, 0.4) is 0 Å². The maximum atomic E-state index is 11.3. The lowest BCUT2D eigenvalue weighted by Gasteiger charge is -2.15. The van der Waals surface area contributed by atoms with Crippen LogP contribution in [-0.4, -0.2) is 41.5 Å². The molecule has 7 nitrogen and oxygen atoms in total. The van der Waals surface area contributed by atoms with Gasteiger partial charge in [-0.1, -0.05) is 0 Å². The number of rotatable bonds is 5. The molecule has 15 heavy (non-hydrogen) atoms. The fourth-order valence-corrected chi connectivity index (χ4v) is 0.766. The van der Waals surface area contributed by atoms with Gasteiger partial charge in [-0.2, -0.15) is 0 Å². The first-order valence-electron chi connectivity index (χ1n) is 4.41. The second-order valence-electron chi connectivity index (χ2n) is 3.06. The third kappa shape index (κ3) is 4.96. The molecule has 0 heterocycles. The fourth-order valence-electron chi connectivity index (χ4n) is 0.766. The maximum absolute atomic E-state index is 11.3. The van der Waals surface area contributed by atoms with Crippen LogP contribution in [0.2, 0.25) is 0 Å². The average Bonchev–Trinajstić information content (AvgIpc) is 2.16. The van der Waals surface area contributed by atoms with E-state index in [4.69, 9.17) is 10.8 Å². The number of carbonyl (C=O) groups is 3. The molecule has 2 unspecified atom stereocenters. The van der Waals surface area contributed by atoms with Crippen LogP contribution >= 0.6 is 0 Å². The molecule has 0 aromatic rings. The first-order chi connectivity index (χ1) is 6.88. The zero-order chi connectivity index (χ0) is 12.0. The highest BCUT2D eigenvalue weighted by Crippen LogP contribution is 1.86. The third-order valence-electron chi connectivity index (χ3n) is 1.69. The standard InChI is InChI=1S/C8H15N3O4/c1-4(10-6(12)3-9)7(13)11-5(2)8(14)15/h4-5H,3,9H2,1-2H3,(H,10,12)(H,11,13)(H,14,15). The summed E-state index contributed by atoms with van der Waals surface area (Å²) >= 11 is 0. The Morgan fingerprint density at radius 1 is 1.20 bits per heavy atom. The van der Waals surface area contributed by atoms with Crippen molar-refractivity contribution in [2.75, 3.05) is 6.54 Å². The number of nitrogens with two attached hydrogens (primary N) is 1. The fraction of sp³-hybridized carbons (Fsp3) is 0.625. The number of carboxylic acid groups (broad SMARTS) is 1. The van der Waals surface area contributed by atoms with Crippen molar-refractivity contribution in [2.24, 2.45) is 5.73 Å². The Bertz CT molecular complexity index is 267. The van der Waals surface area contributed by atoms with Gasteiger partial charge in [0.1, 0.15) is 12.1 Å². The first-order valence-corrected chi connectivity index (χ1v) is 4.41. The predicted octanol–water partition coefficient (Wildman–Crippen LogP) is -1.96. The van der Waals surface area contributed by atoms with Gasteiger partial charge in [0.15, 0.2) is 0 Å². The van der Waals surface area contributed by atoms with Gasteiger partial charge in [-0.15, -0.1) is 0 Å². The number of nitrogens with one attached hydrogen (secondary N) is 2. The van der Waals surface area contributed by atoms with Crippen LogP contribution in [0.5, 0.6) is 0 Å². The second-order valence-corrected chi connectivity index (χ2v) is 3.06. The number of carbonyl (C=O) groups excluding carboxylic acids is 2. The van der Waals surface area contributed by atoms with E-state index in [9.17, 15) is 14.4 Å². The van der Waals surface area contributed by atoms with Crippen LogP contribution in [0.15, 0.2) is 0 Å². The number of aliphatic carboxylic acids is 1. The Morgan fingerprint density at radius 3 is 2.13 bits per heavy atom. The van der Waals surface area contributed by atoms with E-state index in [1.807, 2.05) is 0 Å². The molecule has 5 N–H and O–H groups in total. The lowest BCUT2D eigenvalue weighted by atomic mass is 10.2. The molecule has 0 aliphatic heterocycles. The van der Waals surface area contributed by atoms with Crippen LogP contribution in [-0.2, 0) is 14.4 Å². The summed E-state index contributed by atoms with van der Waals surface area (Å²) in [6.07, 6.45) is 0. The summed E-state index contributed by atoms with van der Waals surface area (Å²) in [5.74, 6) is -2.17. The molecule has 0 saturated carbocycles. The summed E-state index contributed by atoms with van der Waals surface area (Å²) in [7, 11) is 0. The van der Waals surface area contributed by atoms with Crippen LogP contribution in [0.4, 0.5) is 0 Å². The van der Waals surface area contributed by atoms with Crippen molar-refractivity contribution in [2.45, 2.75) is 25.9 Å². The van der Waals surface area contributed by atoms with Crippen molar-refractivity contribution >= 4 is 17.8 Å². The van der Waals surface area contributed by atoms with Gasteiger partial charge in [-0.05, 0) is 13.8 Å². The molecule has 0 bridgehead atoms. The molecule has 86 valence electrons. The Balaban J connectivity index is 4.10. The molecule has 7 heteroatoms. The Morgan fingerprint density at radius 2 is 1.73 bits per heavy atom. The third-order valence-corrected chi connectivity index (χ3v) is 1.69. The van der Waals surface area contributed by atoms with Gasteiger partial charge in [0.25, 0.3) is 0 Å². The highest BCUT2D eigenvalue weighted by molar-refractivity contribution is 5.90. The smallest absolute Gasteiger partial charge is 0.325 e. The zero-order valence-electron chi connectivity index (χ0n) is 8.61. The number of hydrogen-bond donors (Lipinski definition) is 4. The van der Waals surface area contributed by atoms with E-state index in [1.165, 1.54) is 13.8 Å². The van der Waals surface area contributed by atoms with Crippen molar-refractivity contribution in [3.05, 3.63) is 0 Å². The van der Waals surface area contributed by atoms with Gasteiger partial charge in [-0.25, -0.2) is 0 Å². The minimum absolute atomic E-state index is 0.216. The van der Waals surface area contributed by atoms with Crippen LogP contribution < -0.4 is 16.4 Å². The quantitative estimate of drug-likeness (QED) is 0.426. The molecule has 0 aliphatic rings. The zero-order valence-corrected chi connectivity index (χ0v) is 8.61. The lowest BCUT2D eigenvalue weighted by molar-refractivity contribution is -0.141. The molecule has 0 rings (SSSR count). The van der Waals surface area contributed by atoms with E-state index in [2.05, 4.69) is 10.6 Å². The molecule has 0 spiro atoms. The maximum Gasteiger partial charge on any atom is 0.325 e. The number of hydrogen-bond acceptors (Lipinski definition) is 4. The Hall–Kier alpha value is -1.63. The van der Waals surface area contributed by atoms with Crippen molar-refractivity contribution in [3.63, 3.8) is 0 Å². The topological polar surface area (TPSA) is 122 Å². The molecule has 0 aromatic heterocycles. The highest BCUT2D eigenvalue weighted by atomic mass is 16.4. The summed E-state index contributed by atoms with van der Waals surface area (Å²) < 4.78 is 0.